The van der Waals surface area contributed by atoms with Gasteiger partial charge in [0.05, 0.1) is 0 Å². The van der Waals surface area contributed by atoms with Gasteiger partial charge in [0.25, 0.3) is 0 Å². The summed E-state index contributed by atoms with van der Waals surface area (Å²) in [7, 11) is 0. The Kier molecular flexibility index (Phi) is 3.99. The highest BCUT2D eigenvalue weighted by atomic mass is 16.3. The van der Waals surface area contributed by atoms with Crippen LogP contribution in [0.3, 0.4) is 0 Å². The summed E-state index contributed by atoms with van der Waals surface area (Å²) in [5, 5.41) is 9.73. The molecule has 1 aromatic carbocycles. The number of benzene rings is 1. The quantitative estimate of drug-likeness (QED) is 0.768. The maximum absolute atomic E-state index is 9.73. The Bertz CT molecular complexity index is 291. The van der Waals surface area contributed by atoms with E-state index in [4.69, 9.17) is 0 Å². The van der Waals surface area contributed by atoms with Crippen LogP contribution in [0.15, 0.2) is 18.2 Å². The van der Waals surface area contributed by atoms with E-state index in [1.165, 1.54) is 5.56 Å². The van der Waals surface area contributed by atoms with Crippen molar-refractivity contribution >= 4 is 0 Å². The van der Waals surface area contributed by atoms with Crippen molar-refractivity contribution in [1.29, 1.82) is 0 Å². The van der Waals surface area contributed by atoms with Crippen LogP contribution in [-0.4, -0.2) is 5.11 Å². The lowest BCUT2D eigenvalue weighted by Gasteiger charge is -2.13. The van der Waals surface area contributed by atoms with E-state index in [0.717, 1.165) is 24.8 Å². The van der Waals surface area contributed by atoms with Crippen molar-refractivity contribution in [2.75, 3.05) is 0 Å². The fourth-order valence-electron chi connectivity index (χ4n) is 1.81. The maximum atomic E-state index is 9.73. The lowest BCUT2D eigenvalue weighted by atomic mass is 9.94. The molecule has 0 fully saturated rings. The number of aryl methyl sites for hydroxylation is 1. The number of hydrogen-bond donors (Lipinski definition) is 1. The highest BCUT2D eigenvalue weighted by molar-refractivity contribution is 5.38. The van der Waals surface area contributed by atoms with Crippen molar-refractivity contribution in [3.8, 4) is 5.75 Å². The van der Waals surface area contributed by atoms with E-state index in [9.17, 15) is 5.11 Å². The Labute approximate surface area is 86.8 Å². The standard InChI is InChI=1S/C13H20O/c1-4-6-10(3)12-9-11(5-2)7-8-13(12)14/h7-10,14H,4-6H2,1-3H3. The van der Waals surface area contributed by atoms with Crippen LogP contribution in [0.25, 0.3) is 0 Å². The molecule has 1 nitrogen and oxygen atoms in total. The molecule has 14 heavy (non-hydrogen) atoms. The predicted molar refractivity (Wildman–Crippen MR) is 60.8 cm³/mol. The van der Waals surface area contributed by atoms with Gasteiger partial charge in [-0.05, 0) is 36.0 Å². The molecule has 0 heterocycles. The first-order valence-electron chi connectivity index (χ1n) is 5.50. The molecule has 1 N–H and O–H groups in total. The Balaban J connectivity index is 2.93. The third-order valence-corrected chi connectivity index (χ3v) is 2.75. The second-order valence-corrected chi connectivity index (χ2v) is 3.94. The Morgan fingerprint density at radius 3 is 2.57 bits per heavy atom. The number of rotatable bonds is 4. The first-order valence-corrected chi connectivity index (χ1v) is 5.50. The molecule has 1 heteroatoms. The van der Waals surface area contributed by atoms with Gasteiger partial charge in [0.15, 0.2) is 0 Å². The highest BCUT2D eigenvalue weighted by Crippen LogP contribution is 2.29. The van der Waals surface area contributed by atoms with Crippen molar-refractivity contribution in [1.82, 2.24) is 0 Å². The number of hydrogen-bond acceptors (Lipinski definition) is 1. The van der Waals surface area contributed by atoms with Crippen LogP contribution in [0.1, 0.15) is 50.7 Å². The second-order valence-electron chi connectivity index (χ2n) is 3.94. The Morgan fingerprint density at radius 2 is 2.00 bits per heavy atom. The average molecular weight is 192 g/mol. The zero-order valence-corrected chi connectivity index (χ0v) is 9.38. The third kappa shape index (κ3) is 2.50. The van der Waals surface area contributed by atoms with Gasteiger partial charge in [-0.2, -0.15) is 0 Å². The average Bonchev–Trinajstić information content (AvgIpc) is 2.19. The van der Waals surface area contributed by atoms with E-state index in [-0.39, 0.29) is 0 Å². The first-order chi connectivity index (χ1) is 6.69. The number of phenolic OH excluding ortho intramolecular Hbond substituents is 1. The van der Waals surface area contributed by atoms with E-state index in [0.29, 0.717) is 11.7 Å². The predicted octanol–water partition coefficient (Wildman–Crippen LogP) is 3.86. The normalized spacial score (nSPS) is 12.8. The summed E-state index contributed by atoms with van der Waals surface area (Å²) in [6.07, 6.45) is 3.34. The van der Waals surface area contributed by atoms with E-state index in [1.54, 1.807) is 0 Å². The van der Waals surface area contributed by atoms with Crippen LogP contribution in [0.5, 0.6) is 5.75 Å². The fraction of sp³-hybridized carbons (Fsp3) is 0.538. The summed E-state index contributed by atoms with van der Waals surface area (Å²) in [6, 6.07) is 5.95. The van der Waals surface area contributed by atoms with Gasteiger partial charge in [-0.3, -0.25) is 0 Å². The van der Waals surface area contributed by atoms with Crippen molar-refractivity contribution in [2.24, 2.45) is 0 Å². The van der Waals surface area contributed by atoms with Gasteiger partial charge in [-0.25, -0.2) is 0 Å². The number of aromatic hydroxyl groups is 1. The van der Waals surface area contributed by atoms with Gasteiger partial charge < -0.3 is 5.11 Å². The van der Waals surface area contributed by atoms with Crippen LogP contribution in [0.4, 0.5) is 0 Å². The van der Waals surface area contributed by atoms with Crippen LogP contribution < -0.4 is 0 Å². The molecule has 0 aliphatic carbocycles. The molecule has 78 valence electrons. The second kappa shape index (κ2) is 5.04. The zero-order valence-electron chi connectivity index (χ0n) is 9.38. The van der Waals surface area contributed by atoms with Crippen LogP contribution in [-0.2, 0) is 6.42 Å². The third-order valence-electron chi connectivity index (χ3n) is 2.75. The van der Waals surface area contributed by atoms with Crippen LogP contribution in [0, 0.1) is 0 Å². The minimum absolute atomic E-state index is 0.447. The smallest absolute Gasteiger partial charge is 0.119 e. The van der Waals surface area contributed by atoms with Crippen molar-refractivity contribution in [3.63, 3.8) is 0 Å². The summed E-state index contributed by atoms with van der Waals surface area (Å²) in [6.45, 7) is 6.50. The van der Waals surface area contributed by atoms with Crippen molar-refractivity contribution in [3.05, 3.63) is 29.3 Å². The molecule has 1 unspecified atom stereocenters. The van der Waals surface area contributed by atoms with Gasteiger partial charge in [0.1, 0.15) is 5.75 Å². The maximum Gasteiger partial charge on any atom is 0.119 e. The molecule has 1 aromatic rings. The molecule has 0 saturated heterocycles. The van der Waals surface area contributed by atoms with Crippen molar-refractivity contribution < 1.29 is 5.11 Å². The van der Waals surface area contributed by atoms with Gasteiger partial charge in [0.2, 0.25) is 0 Å². The van der Waals surface area contributed by atoms with E-state index >= 15 is 0 Å². The van der Waals surface area contributed by atoms with Crippen LogP contribution in [0.2, 0.25) is 0 Å². The van der Waals surface area contributed by atoms with E-state index in [2.05, 4.69) is 26.8 Å². The topological polar surface area (TPSA) is 20.2 Å². The summed E-state index contributed by atoms with van der Waals surface area (Å²) in [5.41, 5.74) is 2.41. The Hall–Kier alpha value is -0.980. The SMILES string of the molecule is CCCC(C)c1cc(CC)ccc1O. The van der Waals surface area contributed by atoms with Gasteiger partial charge >= 0.3 is 0 Å². The molecule has 0 aliphatic rings. The first kappa shape index (κ1) is 11.1. The molecule has 0 radical (unpaired) electrons. The molecular weight excluding hydrogens is 172 g/mol. The minimum Gasteiger partial charge on any atom is -0.508 e. The Morgan fingerprint density at radius 1 is 1.29 bits per heavy atom. The summed E-state index contributed by atoms with van der Waals surface area (Å²) >= 11 is 0. The molecule has 0 amide bonds. The largest absolute Gasteiger partial charge is 0.508 e. The molecule has 0 aromatic heterocycles. The van der Waals surface area contributed by atoms with Gasteiger partial charge in [-0.15, -0.1) is 0 Å². The molecule has 0 bridgehead atoms. The van der Waals surface area contributed by atoms with Gasteiger partial charge in [-0.1, -0.05) is 39.3 Å². The van der Waals surface area contributed by atoms with Crippen molar-refractivity contribution in [2.45, 2.75) is 46.0 Å². The van der Waals surface area contributed by atoms with Gasteiger partial charge in [0, 0.05) is 0 Å². The van der Waals surface area contributed by atoms with Crippen LogP contribution >= 0.6 is 0 Å². The molecular formula is C13H20O. The molecule has 0 aliphatic heterocycles. The molecule has 1 atom stereocenters. The summed E-state index contributed by atoms with van der Waals surface area (Å²) < 4.78 is 0. The molecule has 0 saturated carbocycles. The van der Waals surface area contributed by atoms with E-state index < -0.39 is 0 Å². The monoisotopic (exact) mass is 192 g/mol. The molecule has 1 rings (SSSR count). The minimum atomic E-state index is 0.447. The lowest BCUT2D eigenvalue weighted by molar-refractivity contribution is 0.460. The lowest BCUT2D eigenvalue weighted by Crippen LogP contribution is -1.95. The summed E-state index contributed by atoms with van der Waals surface area (Å²) in [4.78, 5) is 0. The zero-order chi connectivity index (χ0) is 10.6. The number of phenols is 1. The molecule has 0 spiro atoms. The van der Waals surface area contributed by atoms with E-state index in [1.807, 2.05) is 12.1 Å². The summed E-state index contributed by atoms with van der Waals surface area (Å²) in [5.74, 6) is 0.912. The fourth-order valence-corrected chi connectivity index (χ4v) is 1.81. The highest BCUT2D eigenvalue weighted by Gasteiger charge is 2.09.